The van der Waals surface area contributed by atoms with Crippen LogP contribution in [0.15, 0.2) is 29.3 Å². The fraction of sp³-hybridized carbons (Fsp3) is 0.682. The van der Waals surface area contributed by atoms with Crippen LogP contribution < -0.4 is 15.4 Å². The number of aliphatic imine (C=N–C) groups is 1. The maximum Gasteiger partial charge on any atom is 0.191 e. The molecule has 0 aliphatic carbocycles. The molecule has 8 heteroatoms. The van der Waals surface area contributed by atoms with Gasteiger partial charge in [-0.15, -0.1) is 24.0 Å². The summed E-state index contributed by atoms with van der Waals surface area (Å²) >= 11 is 0. The summed E-state index contributed by atoms with van der Waals surface area (Å²) in [6.45, 7) is 5.29. The van der Waals surface area contributed by atoms with Crippen molar-refractivity contribution in [3.8, 4) is 5.75 Å². The maximum atomic E-state index is 5.83. The Labute approximate surface area is 197 Å². The highest BCUT2D eigenvalue weighted by Crippen LogP contribution is 2.26. The summed E-state index contributed by atoms with van der Waals surface area (Å²) in [4.78, 5) is 6.98. The highest BCUT2D eigenvalue weighted by Gasteiger charge is 2.32. The predicted octanol–water partition coefficient (Wildman–Crippen LogP) is 2.81. The van der Waals surface area contributed by atoms with Crippen LogP contribution in [0.3, 0.4) is 0 Å². The third-order valence-electron chi connectivity index (χ3n) is 6.18. The van der Waals surface area contributed by atoms with Gasteiger partial charge in [-0.25, -0.2) is 0 Å². The van der Waals surface area contributed by atoms with Gasteiger partial charge >= 0.3 is 0 Å². The van der Waals surface area contributed by atoms with Crippen LogP contribution in [0, 0.1) is 0 Å². The van der Waals surface area contributed by atoms with Crippen molar-refractivity contribution < 1.29 is 14.2 Å². The van der Waals surface area contributed by atoms with Crippen LogP contribution in [0.5, 0.6) is 5.75 Å². The molecular formula is C22H37IN4O3. The minimum absolute atomic E-state index is 0. The first-order valence-corrected chi connectivity index (χ1v) is 10.6. The molecule has 3 rings (SSSR count). The molecule has 0 bridgehead atoms. The standard InChI is InChI=1S/C22H36N4O3.HI/c1-23-21(25-17-22(28-3)10-14-29-15-11-22)24-16-20(26-12-4-5-13-26)18-6-8-19(27-2)9-7-18;/h6-9,20H,4-5,10-17H2,1-3H3,(H2,23,24,25);1H. The van der Waals surface area contributed by atoms with Gasteiger partial charge in [-0.2, -0.15) is 0 Å². The molecule has 1 unspecified atom stereocenters. The summed E-state index contributed by atoms with van der Waals surface area (Å²) in [5, 5.41) is 7.00. The van der Waals surface area contributed by atoms with Crippen LogP contribution in [0.25, 0.3) is 0 Å². The first kappa shape index (κ1) is 25.2. The van der Waals surface area contributed by atoms with E-state index in [1.54, 1.807) is 14.2 Å². The lowest BCUT2D eigenvalue weighted by Crippen LogP contribution is -2.51. The molecule has 2 saturated heterocycles. The molecule has 170 valence electrons. The van der Waals surface area contributed by atoms with Crippen molar-refractivity contribution in [2.75, 3.05) is 60.7 Å². The van der Waals surface area contributed by atoms with Crippen molar-refractivity contribution in [2.45, 2.75) is 37.3 Å². The van der Waals surface area contributed by atoms with Crippen molar-refractivity contribution in [1.82, 2.24) is 15.5 Å². The second kappa shape index (κ2) is 12.7. The molecule has 0 spiro atoms. The maximum absolute atomic E-state index is 5.83. The zero-order chi connectivity index (χ0) is 20.5. The van der Waals surface area contributed by atoms with E-state index in [2.05, 4.69) is 32.7 Å². The zero-order valence-electron chi connectivity index (χ0n) is 18.5. The van der Waals surface area contributed by atoms with E-state index in [4.69, 9.17) is 14.2 Å². The zero-order valence-corrected chi connectivity index (χ0v) is 20.8. The van der Waals surface area contributed by atoms with Gasteiger partial charge in [0.25, 0.3) is 0 Å². The Morgan fingerprint density at radius 3 is 2.37 bits per heavy atom. The van der Waals surface area contributed by atoms with Crippen LogP contribution in [0.1, 0.15) is 37.3 Å². The summed E-state index contributed by atoms with van der Waals surface area (Å²) in [5.74, 6) is 1.70. The van der Waals surface area contributed by atoms with E-state index in [0.29, 0.717) is 6.04 Å². The SMILES string of the molecule is CN=C(NCC(c1ccc(OC)cc1)N1CCCC1)NCC1(OC)CCOCC1.I. The van der Waals surface area contributed by atoms with Gasteiger partial charge in [0.05, 0.1) is 18.8 Å². The molecule has 1 aromatic rings. The number of halogens is 1. The van der Waals surface area contributed by atoms with Gasteiger partial charge < -0.3 is 24.8 Å². The van der Waals surface area contributed by atoms with Gasteiger partial charge in [0, 0.05) is 53.3 Å². The third-order valence-corrected chi connectivity index (χ3v) is 6.18. The Kier molecular flexibility index (Phi) is 10.6. The fourth-order valence-electron chi connectivity index (χ4n) is 4.19. The van der Waals surface area contributed by atoms with Crippen molar-refractivity contribution in [1.29, 1.82) is 0 Å². The molecular weight excluding hydrogens is 495 g/mol. The first-order chi connectivity index (χ1) is 14.2. The minimum atomic E-state index is -0.180. The van der Waals surface area contributed by atoms with Gasteiger partial charge in [-0.1, -0.05) is 12.1 Å². The largest absolute Gasteiger partial charge is 0.497 e. The van der Waals surface area contributed by atoms with Crippen LogP contribution in [-0.4, -0.2) is 77.1 Å². The van der Waals surface area contributed by atoms with E-state index in [1.807, 2.05) is 19.2 Å². The lowest BCUT2D eigenvalue weighted by molar-refractivity contribution is -0.0855. The molecule has 30 heavy (non-hydrogen) atoms. The van der Waals surface area contributed by atoms with E-state index in [0.717, 1.165) is 63.9 Å². The molecule has 7 nitrogen and oxygen atoms in total. The summed E-state index contributed by atoms with van der Waals surface area (Å²) in [5.41, 5.74) is 1.12. The average molecular weight is 532 g/mol. The summed E-state index contributed by atoms with van der Waals surface area (Å²) < 4.78 is 16.6. The van der Waals surface area contributed by atoms with Gasteiger partial charge in [0.1, 0.15) is 5.75 Å². The molecule has 2 N–H and O–H groups in total. The van der Waals surface area contributed by atoms with Crippen LogP contribution >= 0.6 is 24.0 Å². The number of rotatable bonds is 8. The van der Waals surface area contributed by atoms with Crippen molar-refractivity contribution in [2.24, 2.45) is 4.99 Å². The molecule has 0 saturated carbocycles. The number of nitrogens with zero attached hydrogens (tertiary/aromatic N) is 2. The molecule has 2 aliphatic rings. The second-order valence-corrected chi connectivity index (χ2v) is 7.84. The van der Waals surface area contributed by atoms with E-state index < -0.39 is 0 Å². The Hall–Kier alpha value is -1.10. The Morgan fingerprint density at radius 1 is 1.13 bits per heavy atom. The number of likely N-dealkylation sites (tertiary alicyclic amines) is 1. The summed E-state index contributed by atoms with van der Waals surface area (Å²) in [7, 11) is 5.31. The molecule has 1 atom stereocenters. The summed E-state index contributed by atoms with van der Waals surface area (Å²) in [6, 6.07) is 8.72. The average Bonchev–Trinajstić information content (AvgIpc) is 3.31. The molecule has 2 fully saturated rings. The lowest BCUT2D eigenvalue weighted by atomic mass is 9.94. The molecule has 0 radical (unpaired) electrons. The monoisotopic (exact) mass is 532 g/mol. The summed E-state index contributed by atoms with van der Waals surface area (Å²) in [6.07, 6.45) is 4.32. The van der Waals surface area contributed by atoms with Crippen LogP contribution in [-0.2, 0) is 9.47 Å². The number of benzene rings is 1. The van der Waals surface area contributed by atoms with E-state index in [1.165, 1.54) is 18.4 Å². The molecule has 2 heterocycles. The van der Waals surface area contributed by atoms with Gasteiger partial charge in [-0.05, 0) is 43.6 Å². The first-order valence-electron chi connectivity index (χ1n) is 10.6. The highest BCUT2D eigenvalue weighted by atomic mass is 127. The van der Waals surface area contributed by atoms with Gasteiger partial charge in [-0.3, -0.25) is 9.89 Å². The van der Waals surface area contributed by atoms with Crippen molar-refractivity contribution >= 4 is 29.9 Å². The highest BCUT2D eigenvalue weighted by molar-refractivity contribution is 14.0. The number of hydrogen-bond acceptors (Lipinski definition) is 5. The third kappa shape index (κ3) is 6.70. The number of methoxy groups -OCH3 is 2. The van der Waals surface area contributed by atoms with Crippen molar-refractivity contribution in [3.63, 3.8) is 0 Å². The van der Waals surface area contributed by atoms with Crippen molar-refractivity contribution in [3.05, 3.63) is 29.8 Å². The van der Waals surface area contributed by atoms with E-state index in [-0.39, 0.29) is 29.6 Å². The topological polar surface area (TPSA) is 67.4 Å². The number of ether oxygens (including phenoxy) is 3. The second-order valence-electron chi connectivity index (χ2n) is 7.84. The normalized spacial score (nSPS) is 20.3. The van der Waals surface area contributed by atoms with Gasteiger partial charge in [0.15, 0.2) is 5.96 Å². The number of hydrogen-bond donors (Lipinski definition) is 2. The van der Waals surface area contributed by atoms with Crippen LogP contribution in [0.2, 0.25) is 0 Å². The quantitative estimate of drug-likeness (QED) is 0.305. The fourth-order valence-corrected chi connectivity index (χ4v) is 4.19. The smallest absolute Gasteiger partial charge is 0.191 e. The minimum Gasteiger partial charge on any atom is -0.497 e. The molecule has 0 amide bonds. The number of guanidine groups is 1. The Balaban J connectivity index is 0.00000320. The lowest BCUT2D eigenvalue weighted by Gasteiger charge is -2.36. The van der Waals surface area contributed by atoms with E-state index >= 15 is 0 Å². The Bertz CT molecular complexity index is 644. The number of nitrogens with one attached hydrogen (secondary N) is 2. The van der Waals surface area contributed by atoms with Crippen LogP contribution in [0.4, 0.5) is 0 Å². The molecule has 0 aromatic heterocycles. The Morgan fingerprint density at radius 2 is 1.80 bits per heavy atom. The van der Waals surface area contributed by atoms with E-state index in [9.17, 15) is 0 Å². The van der Waals surface area contributed by atoms with Gasteiger partial charge in [0.2, 0.25) is 0 Å². The predicted molar refractivity (Wildman–Crippen MR) is 131 cm³/mol. The molecule has 1 aromatic carbocycles. The molecule has 2 aliphatic heterocycles.